The smallest absolute Gasteiger partial charge is 0.416 e. The molecule has 1 aliphatic heterocycles. The van der Waals surface area contributed by atoms with Crippen molar-refractivity contribution in [3.05, 3.63) is 71.3 Å². The second-order valence-electron chi connectivity index (χ2n) is 11.4. The Bertz CT molecular complexity index is 1590. The minimum atomic E-state index is -4.49. The van der Waals surface area contributed by atoms with Crippen LogP contribution in [-0.2, 0) is 24.6 Å². The Balaban J connectivity index is 1.49. The molecule has 46 heavy (non-hydrogen) atoms. The van der Waals surface area contributed by atoms with E-state index in [1.807, 2.05) is 19.0 Å². The van der Waals surface area contributed by atoms with Gasteiger partial charge in [-0.25, -0.2) is 9.98 Å². The van der Waals surface area contributed by atoms with Crippen molar-refractivity contribution in [3.63, 3.8) is 0 Å². The summed E-state index contributed by atoms with van der Waals surface area (Å²) in [6.45, 7) is 12.4. The van der Waals surface area contributed by atoms with Crippen LogP contribution in [0.1, 0.15) is 31.4 Å². The maximum absolute atomic E-state index is 14.2. The predicted molar refractivity (Wildman–Crippen MR) is 176 cm³/mol. The molecule has 1 saturated heterocycles. The van der Waals surface area contributed by atoms with Gasteiger partial charge in [0.25, 0.3) is 0 Å². The minimum Gasteiger partial charge on any atom is -0.458 e. The number of imidazole rings is 1. The molecule has 2 N–H and O–H groups in total. The van der Waals surface area contributed by atoms with Crippen LogP contribution in [-0.4, -0.2) is 90.2 Å². The van der Waals surface area contributed by atoms with Gasteiger partial charge in [0, 0.05) is 70.6 Å². The van der Waals surface area contributed by atoms with Crippen molar-refractivity contribution in [3.8, 4) is 5.75 Å². The summed E-state index contributed by atoms with van der Waals surface area (Å²) in [7, 11) is 5.55. The van der Waals surface area contributed by atoms with Crippen LogP contribution in [0.5, 0.6) is 5.75 Å². The number of aryl methyl sites for hydroxylation is 1. The lowest BCUT2D eigenvalue weighted by atomic mass is 10.0. The molecule has 0 unspecified atom stereocenters. The van der Waals surface area contributed by atoms with Gasteiger partial charge in [-0.2, -0.15) is 13.2 Å². The van der Waals surface area contributed by atoms with E-state index in [0.29, 0.717) is 47.1 Å². The summed E-state index contributed by atoms with van der Waals surface area (Å²) in [6, 6.07) is 9.66. The summed E-state index contributed by atoms with van der Waals surface area (Å²) in [5.74, 6) is 1.38. The summed E-state index contributed by atoms with van der Waals surface area (Å²) < 4.78 is 50.3. The zero-order valence-electron chi connectivity index (χ0n) is 27.1. The van der Waals surface area contributed by atoms with Gasteiger partial charge in [-0.15, -0.1) is 0 Å². The van der Waals surface area contributed by atoms with Gasteiger partial charge in [-0.3, -0.25) is 9.69 Å². The van der Waals surface area contributed by atoms with E-state index in [1.165, 1.54) is 0 Å². The second kappa shape index (κ2) is 15.4. The maximum atomic E-state index is 14.2. The molecule has 2 aromatic carbocycles. The summed E-state index contributed by atoms with van der Waals surface area (Å²) in [4.78, 5) is 27.0. The summed E-state index contributed by atoms with van der Waals surface area (Å²) in [6.07, 6.45) is -0.887. The minimum absolute atomic E-state index is 0.193. The van der Waals surface area contributed by atoms with Gasteiger partial charge in [-0.1, -0.05) is 13.0 Å². The third-order valence-corrected chi connectivity index (χ3v) is 7.85. The Morgan fingerprint density at radius 1 is 1.13 bits per heavy atom. The van der Waals surface area contributed by atoms with Crippen molar-refractivity contribution < 1.29 is 22.7 Å². The molecule has 0 spiro atoms. The number of carbonyl (C=O) groups excluding carboxylic acids is 1. The standard InChI is InChI=1S/C33H43F3N8O2/c1-7-25(21-30(37-3)40-31(45)13-14-41(4)5)46-26-11-12-28-29(20-26)42(6)32(39-28)38-24-10-9-23(27(19-24)33(34,35)36)22-44-17-15-43(8-2)16-18-44/h7,9-12,19-21H,3,8,13-18,22H2,1-2,4-6H3,(H,38,39)(H,40,45)/b25-7+,30-21+. The van der Waals surface area contributed by atoms with Crippen molar-refractivity contribution in [2.24, 2.45) is 12.0 Å². The number of hydrogen-bond donors (Lipinski definition) is 2. The van der Waals surface area contributed by atoms with Crippen LogP contribution in [0, 0.1) is 0 Å². The highest BCUT2D eigenvalue weighted by Crippen LogP contribution is 2.35. The first-order valence-corrected chi connectivity index (χ1v) is 15.3. The lowest BCUT2D eigenvalue weighted by Gasteiger charge is -2.34. The normalized spacial score (nSPS) is 15.4. The molecule has 1 amide bonds. The number of halogens is 3. The molecular formula is C33H43F3N8O2. The Morgan fingerprint density at radius 3 is 2.48 bits per heavy atom. The lowest BCUT2D eigenvalue weighted by molar-refractivity contribution is -0.138. The molecule has 4 rings (SSSR count). The number of hydrogen-bond acceptors (Lipinski definition) is 8. The number of nitrogens with zero attached hydrogens (tertiary/aromatic N) is 6. The van der Waals surface area contributed by atoms with E-state index >= 15 is 0 Å². The number of piperazine rings is 1. The van der Waals surface area contributed by atoms with Gasteiger partial charge in [0.05, 0.1) is 16.6 Å². The molecule has 0 aliphatic carbocycles. The zero-order chi connectivity index (χ0) is 33.4. The number of ether oxygens (including phenoxy) is 1. The molecule has 0 radical (unpaired) electrons. The fraction of sp³-hybridized carbons (Fsp3) is 0.424. The average molecular weight is 641 g/mol. The summed E-state index contributed by atoms with van der Waals surface area (Å²) in [5, 5.41) is 5.79. The van der Waals surface area contributed by atoms with Crippen LogP contribution in [0.25, 0.3) is 11.0 Å². The van der Waals surface area contributed by atoms with E-state index in [2.05, 4.69) is 44.1 Å². The molecule has 1 aromatic heterocycles. The average Bonchev–Trinajstić information content (AvgIpc) is 3.33. The van der Waals surface area contributed by atoms with Crippen LogP contribution < -0.4 is 15.4 Å². The number of nitrogens with one attached hydrogen (secondary N) is 2. The third kappa shape index (κ3) is 9.18. The number of alkyl halides is 3. The highest BCUT2D eigenvalue weighted by molar-refractivity contribution is 5.81. The quantitative estimate of drug-likeness (QED) is 0.148. The summed E-state index contributed by atoms with van der Waals surface area (Å²) >= 11 is 0. The SMILES string of the molecule is C=N/C(=C\C(=C/C)Oc1ccc2nc(Nc3ccc(CN4CCN(CC)CC4)c(C(F)(F)F)c3)n(C)c2c1)NC(=O)CCN(C)C. The van der Waals surface area contributed by atoms with E-state index in [0.717, 1.165) is 38.8 Å². The first kappa shape index (κ1) is 34.7. The third-order valence-electron chi connectivity index (χ3n) is 7.85. The van der Waals surface area contributed by atoms with Crippen molar-refractivity contribution in [1.82, 2.24) is 29.6 Å². The van der Waals surface area contributed by atoms with Crippen LogP contribution in [0.2, 0.25) is 0 Å². The first-order valence-electron chi connectivity index (χ1n) is 15.3. The molecule has 13 heteroatoms. The van der Waals surface area contributed by atoms with Crippen LogP contribution >= 0.6 is 0 Å². The number of anilines is 2. The van der Waals surface area contributed by atoms with Crippen LogP contribution in [0.3, 0.4) is 0 Å². The van der Waals surface area contributed by atoms with E-state index in [9.17, 15) is 18.0 Å². The number of fused-ring (bicyclic) bond motifs is 1. The lowest BCUT2D eigenvalue weighted by Crippen LogP contribution is -2.45. The molecule has 3 aromatic rings. The van der Waals surface area contributed by atoms with E-state index in [-0.39, 0.29) is 23.8 Å². The molecule has 0 bridgehead atoms. The number of aromatic nitrogens is 2. The van der Waals surface area contributed by atoms with Crippen LogP contribution in [0.4, 0.5) is 24.8 Å². The summed E-state index contributed by atoms with van der Waals surface area (Å²) in [5.41, 5.74) is 1.23. The fourth-order valence-electron chi connectivity index (χ4n) is 5.13. The molecule has 1 fully saturated rings. The van der Waals surface area contributed by atoms with E-state index in [1.54, 1.807) is 61.0 Å². The topological polar surface area (TPSA) is 90.3 Å². The van der Waals surface area contributed by atoms with Crippen LogP contribution in [0.15, 0.2) is 65.1 Å². The number of likely N-dealkylation sites (N-methyl/N-ethyl adjacent to an activating group) is 1. The number of carbonyl (C=O) groups is 1. The Labute approximate surface area is 268 Å². The Hall–Kier alpha value is -4.20. The van der Waals surface area contributed by atoms with Crippen molar-refractivity contribution in [2.45, 2.75) is 33.0 Å². The van der Waals surface area contributed by atoms with Gasteiger partial charge < -0.3 is 29.7 Å². The van der Waals surface area contributed by atoms with E-state index < -0.39 is 11.7 Å². The number of amides is 1. The van der Waals surface area contributed by atoms with E-state index in [4.69, 9.17) is 4.74 Å². The zero-order valence-corrected chi connectivity index (χ0v) is 27.1. The fourth-order valence-corrected chi connectivity index (χ4v) is 5.13. The number of rotatable bonds is 13. The molecule has 2 heterocycles. The number of allylic oxidation sites excluding steroid dienone is 2. The molecule has 0 atom stereocenters. The highest BCUT2D eigenvalue weighted by atomic mass is 19.4. The maximum Gasteiger partial charge on any atom is 0.416 e. The Kier molecular flexibility index (Phi) is 11.6. The van der Waals surface area contributed by atoms with Gasteiger partial charge in [0.1, 0.15) is 17.3 Å². The number of aliphatic imine (C=N–C) groups is 1. The van der Waals surface area contributed by atoms with Gasteiger partial charge in [0.2, 0.25) is 11.9 Å². The predicted octanol–water partition coefficient (Wildman–Crippen LogP) is 5.37. The second-order valence-corrected chi connectivity index (χ2v) is 11.4. The molecule has 10 nitrogen and oxygen atoms in total. The van der Waals surface area contributed by atoms with Gasteiger partial charge >= 0.3 is 6.18 Å². The van der Waals surface area contributed by atoms with Crippen molar-refractivity contribution >= 4 is 35.3 Å². The van der Waals surface area contributed by atoms with Crippen molar-refractivity contribution in [1.29, 1.82) is 0 Å². The molecule has 1 aliphatic rings. The first-order chi connectivity index (χ1) is 21.9. The van der Waals surface area contributed by atoms with Gasteiger partial charge in [0.15, 0.2) is 0 Å². The van der Waals surface area contributed by atoms with Crippen molar-refractivity contribution in [2.75, 3.05) is 58.7 Å². The van der Waals surface area contributed by atoms with Gasteiger partial charge in [-0.05, 0) is 70.2 Å². The molecular weight excluding hydrogens is 597 g/mol. The largest absolute Gasteiger partial charge is 0.458 e. The number of benzene rings is 2. The monoisotopic (exact) mass is 640 g/mol. The Morgan fingerprint density at radius 2 is 1.85 bits per heavy atom. The molecule has 0 saturated carbocycles. The highest BCUT2D eigenvalue weighted by Gasteiger charge is 2.34. The molecule has 248 valence electrons.